The molecule has 7 rings (SSSR count). The Labute approximate surface area is 325 Å². The third-order valence-corrected chi connectivity index (χ3v) is 13.9. The standard InChI is InChI=1S/C46H66B2N2O4/c1-13-17-19-31(15-3)29-49-39-25-33(47-51-43(5,6)44(7,8)52-47)21-23-35(39)37-28-42-38(27-41(37)49)36-24-22-34(48-53-45(9,10)46(11,12)54-48)26-40(36)50(42)30-32(16-4)20-18-14-2/h21-28,31-32H,13-20,29-30H2,1-12H3. The van der Waals surface area contributed by atoms with E-state index in [1.54, 1.807) is 0 Å². The molecule has 2 saturated heterocycles. The number of rotatable bonds is 14. The number of aromatic nitrogens is 2. The molecule has 2 atom stereocenters. The Balaban J connectivity index is 1.44. The maximum Gasteiger partial charge on any atom is 0.494 e. The van der Waals surface area contributed by atoms with E-state index < -0.39 is 14.2 Å². The van der Waals surface area contributed by atoms with Gasteiger partial charge in [-0.15, -0.1) is 0 Å². The van der Waals surface area contributed by atoms with E-state index in [9.17, 15) is 0 Å². The Morgan fingerprint density at radius 2 is 0.815 bits per heavy atom. The topological polar surface area (TPSA) is 46.8 Å². The molecule has 54 heavy (non-hydrogen) atoms. The van der Waals surface area contributed by atoms with E-state index >= 15 is 0 Å². The van der Waals surface area contributed by atoms with Crippen molar-refractivity contribution in [3.8, 4) is 0 Å². The van der Waals surface area contributed by atoms with Crippen LogP contribution in [0.5, 0.6) is 0 Å². The van der Waals surface area contributed by atoms with Crippen LogP contribution in [-0.2, 0) is 31.7 Å². The highest BCUT2D eigenvalue weighted by atomic mass is 16.7. The zero-order valence-electron chi connectivity index (χ0n) is 35.5. The largest absolute Gasteiger partial charge is 0.494 e. The van der Waals surface area contributed by atoms with Crippen molar-refractivity contribution in [1.82, 2.24) is 9.13 Å². The van der Waals surface area contributed by atoms with Gasteiger partial charge in [0.1, 0.15) is 0 Å². The van der Waals surface area contributed by atoms with Crippen LogP contribution in [0.4, 0.5) is 0 Å². The average molecular weight is 733 g/mol. The lowest BCUT2D eigenvalue weighted by Crippen LogP contribution is -2.41. The number of hydrogen-bond donors (Lipinski definition) is 0. The molecule has 4 heterocycles. The number of unbranched alkanes of at least 4 members (excludes halogenated alkanes) is 2. The van der Waals surface area contributed by atoms with Gasteiger partial charge in [-0.1, -0.05) is 90.5 Å². The van der Waals surface area contributed by atoms with Crippen LogP contribution in [-0.4, -0.2) is 45.8 Å². The molecule has 2 aromatic heterocycles. The molecule has 0 radical (unpaired) electrons. The second-order valence-electron chi connectivity index (χ2n) is 18.7. The maximum absolute atomic E-state index is 6.57. The molecule has 2 fully saturated rings. The lowest BCUT2D eigenvalue weighted by atomic mass is 9.78. The molecule has 5 aromatic rings. The van der Waals surface area contributed by atoms with Gasteiger partial charge in [-0.25, -0.2) is 0 Å². The lowest BCUT2D eigenvalue weighted by molar-refractivity contribution is 0.00578. The van der Waals surface area contributed by atoms with Crippen LogP contribution in [0, 0.1) is 11.8 Å². The van der Waals surface area contributed by atoms with Crippen LogP contribution in [0.15, 0.2) is 48.5 Å². The molecule has 0 spiro atoms. The summed E-state index contributed by atoms with van der Waals surface area (Å²) >= 11 is 0. The molecule has 2 aliphatic rings. The summed E-state index contributed by atoms with van der Waals surface area (Å²) in [7, 11) is -0.792. The van der Waals surface area contributed by atoms with Crippen molar-refractivity contribution in [3.05, 3.63) is 48.5 Å². The number of benzene rings is 3. The van der Waals surface area contributed by atoms with E-state index in [2.05, 4.69) is 141 Å². The Kier molecular flexibility index (Phi) is 10.7. The van der Waals surface area contributed by atoms with Gasteiger partial charge in [0.15, 0.2) is 0 Å². The van der Waals surface area contributed by atoms with Crippen molar-refractivity contribution in [2.45, 2.75) is 170 Å². The van der Waals surface area contributed by atoms with Gasteiger partial charge in [0.2, 0.25) is 0 Å². The van der Waals surface area contributed by atoms with E-state index in [0.717, 1.165) is 36.9 Å². The minimum absolute atomic E-state index is 0.389. The Morgan fingerprint density at radius 3 is 1.13 bits per heavy atom. The molecular formula is C46H66B2N2O4. The summed E-state index contributed by atoms with van der Waals surface area (Å²) in [6, 6.07) is 18.8. The molecule has 2 aliphatic heterocycles. The van der Waals surface area contributed by atoms with Crippen molar-refractivity contribution in [2.24, 2.45) is 11.8 Å². The van der Waals surface area contributed by atoms with Gasteiger partial charge in [-0.2, -0.15) is 0 Å². The van der Waals surface area contributed by atoms with Crippen molar-refractivity contribution in [2.75, 3.05) is 0 Å². The number of hydrogen-bond acceptors (Lipinski definition) is 4. The molecule has 290 valence electrons. The zero-order valence-corrected chi connectivity index (χ0v) is 35.5. The summed E-state index contributed by atoms with van der Waals surface area (Å²) in [5, 5.41) is 5.23. The minimum Gasteiger partial charge on any atom is -0.399 e. The van der Waals surface area contributed by atoms with E-state index in [-0.39, 0.29) is 22.4 Å². The van der Waals surface area contributed by atoms with E-state index in [1.807, 2.05) is 0 Å². The van der Waals surface area contributed by atoms with Gasteiger partial charge >= 0.3 is 14.2 Å². The fourth-order valence-electron chi connectivity index (χ4n) is 8.71. The Bertz CT molecular complexity index is 1960. The van der Waals surface area contributed by atoms with Gasteiger partial charge in [0, 0.05) is 56.7 Å². The maximum atomic E-state index is 6.57. The summed E-state index contributed by atoms with van der Waals surface area (Å²) in [5.41, 5.74) is 5.78. The van der Waals surface area contributed by atoms with Crippen molar-refractivity contribution < 1.29 is 18.6 Å². The summed E-state index contributed by atoms with van der Waals surface area (Å²) in [4.78, 5) is 0. The first kappa shape index (κ1) is 39.5. The van der Waals surface area contributed by atoms with Crippen LogP contribution in [0.2, 0.25) is 0 Å². The fourth-order valence-corrected chi connectivity index (χ4v) is 8.71. The monoisotopic (exact) mass is 733 g/mol. The highest BCUT2D eigenvalue weighted by Gasteiger charge is 2.53. The minimum atomic E-state index is -0.396. The van der Waals surface area contributed by atoms with E-state index in [0.29, 0.717) is 11.8 Å². The molecule has 8 heteroatoms. The number of fused-ring (bicyclic) bond motifs is 6. The summed E-state index contributed by atoms with van der Waals surface area (Å²) in [5.74, 6) is 1.21. The first-order valence-corrected chi connectivity index (χ1v) is 21.3. The molecule has 2 unspecified atom stereocenters. The Hall–Kier alpha value is -2.77. The fraction of sp³-hybridized carbons (Fsp3) is 0.609. The quantitative estimate of drug-likeness (QED) is 0.107. The van der Waals surface area contributed by atoms with Crippen LogP contribution in [0.25, 0.3) is 43.6 Å². The SMILES string of the molecule is CCCCC(CC)Cn1c2cc(B3OC(C)(C)C(C)(C)O3)ccc2c2cc3c(cc21)c1ccc(B2OC(C)(C)C(C)(C)O2)cc1n3CC(CC)CCCC. The van der Waals surface area contributed by atoms with Gasteiger partial charge < -0.3 is 27.8 Å². The second-order valence-corrected chi connectivity index (χ2v) is 18.7. The predicted molar refractivity (Wildman–Crippen MR) is 230 cm³/mol. The van der Waals surface area contributed by atoms with E-state index in [4.69, 9.17) is 18.6 Å². The highest BCUT2D eigenvalue weighted by Crippen LogP contribution is 2.41. The van der Waals surface area contributed by atoms with Crippen LogP contribution in [0.3, 0.4) is 0 Å². The molecule has 0 saturated carbocycles. The second kappa shape index (κ2) is 14.6. The van der Waals surface area contributed by atoms with E-state index in [1.165, 1.54) is 82.1 Å². The zero-order chi connectivity index (χ0) is 38.8. The molecular weight excluding hydrogens is 666 g/mol. The van der Waals surface area contributed by atoms with Crippen LogP contribution >= 0.6 is 0 Å². The summed E-state index contributed by atoms with van der Waals surface area (Å²) in [6.07, 6.45) is 9.77. The molecule has 6 nitrogen and oxygen atoms in total. The van der Waals surface area contributed by atoms with Crippen molar-refractivity contribution in [3.63, 3.8) is 0 Å². The van der Waals surface area contributed by atoms with Crippen molar-refractivity contribution in [1.29, 1.82) is 0 Å². The van der Waals surface area contributed by atoms with Crippen LogP contribution < -0.4 is 10.9 Å². The van der Waals surface area contributed by atoms with Gasteiger partial charge in [0.05, 0.1) is 22.4 Å². The van der Waals surface area contributed by atoms with Crippen LogP contribution in [0.1, 0.15) is 134 Å². The number of nitrogens with zero attached hydrogens (tertiary/aromatic N) is 2. The van der Waals surface area contributed by atoms with Gasteiger partial charge in [0.25, 0.3) is 0 Å². The molecule has 3 aromatic carbocycles. The summed E-state index contributed by atoms with van der Waals surface area (Å²) < 4.78 is 31.6. The molecule has 0 amide bonds. The normalized spacial score (nSPS) is 20.3. The van der Waals surface area contributed by atoms with Gasteiger partial charge in [-0.3, -0.25) is 0 Å². The van der Waals surface area contributed by atoms with Crippen molar-refractivity contribution >= 4 is 68.8 Å². The highest BCUT2D eigenvalue weighted by molar-refractivity contribution is 6.63. The Morgan fingerprint density at radius 1 is 0.481 bits per heavy atom. The molecule has 0 N–H and O–H groups in total. The van der Waals surface area contributed by atoms with Gasteiger partial charge in [-0.05, 0) is 115 Å². The summed E-state index contributed by atoms with van der Waals surface area (Å²) in [6.45, 7) is 28.4. The first-order chi connectivity index (χ1) is 25.5. The molecule has 0 bridgehead atoms. The lowest BCUT2D eigenvalue weighted by Gasteiger charge is -2.32. The molecule has 0 aliphatic carbocycles. The third-order valence-electron chi connectivity index (χ3n) is 13.9. The first-order valence-electron chi connectivity index (χ1n) is 21.3. The average Bonchev–Trinajstić information content (AvgIpc) is 3.75. The third kappa shape index (κ3) is 6.86. The smallest absolute Gasteiger partial charge is 0.399 e. The predicted octanol–water partition coefficient (Wildman–Crippen LogP) is 10.9.